The van der Waals surface area contributed by atoms with E-state index in [4.69, 9.17) is 22.1 Å². The molecule has 2 rings (SSSR count). The molecule has 0 aliphatic carbocycles. The highest BCUT2D eigenvalue weighted by atomic mass is 35.5. The van der Waals surface area contributed by atoms with Crippen LogP contribution < -0.4 is 15.8 Å². The number of piperidine rings is 1. The van der Waals surface area contributed by atoms with Gasteiger partial charge in [-0.2, -0.15) is 0 Å². The lowest BCUT2D eigenvalue weighted by atomic mass is 9.80. The third kappa shape index (κ3) is 5.24. The summed E-state index contributed by atoms with van der Waals surface area (Å²) in [5, 5.41) is 3.42. The first-order valence-electron chi connectivity index (χ1n) is 7.43. The van der Waals surface area contributed by atoms with Gasteiger partial charge in [-0.25, -0.2) is 0 Å². The summed E-state index contributed by atoms with van der Waals surface area (Å²) in [6.45, 7) is 6.27. The number of carbonyl (C=O) groups excluding carboxylic acids is 1. The van der Waals surface area contributed by atoms with Gasteiger partial charge in [0.1, 0.15) is 5.75 Å². The van der Waals surface area contributed by atoms with Crippen LogP contribution in [-0.2, 0) is 4.79 Å². The quantitative estimate of drug-likeness (QED) is 0.864. The van der Waals surface area contributed by atoms with Gasteiger partial charge < -0.3 is 15.8 Å². The molecule has 0 spiro atoms. The van der Waals surface area contributed by atoms with Gasteiger partial charge in [-0.15, -0.1) is 12.4 Å². The third-order valence-electron chi connectivity index (χ3n) is 4.19. The zero-order valence-corrected chi connectivity index (χ0v) is 15.3. The maximum atomic E-state index is 12.3. The van der Waals surface area contributed by atoms with Crippen LogP contribution in [0.25, 0.3) is 0 Å². The molecule has 7 heteroatoms. The Morgan fingerprint density at radius 3 is 2.83 bits per heavy atom. The van der Waals surface area contributed by atoms with Crippen molar-refractivity contribution in [1.29, 1.82) is 0 Å². The van der Waals surface area contributed by atoms with Crippen LogP contribution in [0.3, 0.4) is 0 Å². The Hall–Kier alpha value is -1.01. The Bertz CT molecular complexity index is 552. The van der Waals surface area contributed by atoms with E-state index >= 15 is 0 Å². The summed E-state index contributed by atoms with van der Waals surface area (Å²) in [7, 11) is 1.56. The van der Waals surface area contributed by atoms with E-state index in [1.165, 1.54) is 0 Å². The van der Waals surface area contributed by atoms with E-state index in [2.05, 4.69) is 24.1 Å². The molecule has 1 unspecified atom stereocenters. The van der Waals surface area contributed by atoms with Crippen molar-refractivity contribution in [3.05, 3.63) is 23.2 Å². The minimum atomic E-state index is -0.0770. The lowest BCUT2D eigenvalue weighted by Crippen LogP contribution is -2.53. The summed E-state index contributed by atoms with van der Waals surface area (Å²) < 4.78 is 5.23. The fourth-order valence-electron chi connectivity index (χ4n) is 2.79. The number of carbonyl (C=O) groups is 1. The van der Waals surface area contributed by atoms with Gasteiger partial charge in [0.05, 0.1) is 19.3 Å². The number of hydrogen-bond donors (Lipinski definition) is 2. The van der Waals surface area contributed by atoms with E-state index in [-0.39, 0.29) is 29.8 Å². The number of methoxy groups -OCH3 is 1. The number of nitrogens with one attached hydrogen (secondary N) is 1. The number of likely N-dealkylation sites (tertiary alicyclic amines) is 1. The number of ether oxygens (including phenoxy) is 1. The number of halogens is 2. The number of hydrogen-bond acceptors (Lipinski definition) is 4. The molecule has 0 saturated carbocycles. The molecule has 23 heavy (non-hydrogen) atoms. The molecule has 0 radical (unpaired) electrons. The van der Waals surface area contributed by atoms with E-state index in [9.17, 15) is 4.79 Å². The number of amides is 1. The molecule has 1 heterocycles. The summed E-state index contributed by atoms with van der Waals surface area (Å²) in [5.41, 5.74) is 6.74. The standard InChI is InChI=1S/C16H24ClN3O2.ClH/c1-16(2)10-20(7-6-14(16)18)9-15(21)19-12-8-11(17)4-5-13(12)22-3;/h4-5,8,14H,6-7,9-10,18H2,1-3H3,(H,19,21);1H. The van der Waals surface area contributed by atoms with Crippen molar-refractivity contribution in [2.75, 3.05) is 32.1 Å². The van der Waals surface area contributed by atoms with E-state index in [0.717, 1.165) is 19.5 Å². The Morgan fingerprint density at radius 2 is 2.22 bits per heavy atom. The molecule has 5 nitrogen and oxygen atoms in total. The second-order valence-electron chi connectivity index (χ2n) is 6.49. The molecular formula is C16H25Cl2N3O2. The van der Waals surface area contributed by atoms with Gasteiger partial charge in [0.2, 0.25) is 5.91 Å². The Morgan fingerprint density at radius 1 is 1.52 bits per heavy atom. The van der Waals surface area contributed by atoms with Crippen LogP contribution in [0.2, 0.25) is 5.02 Å². The van der Waals surface area contributed by atoms with Crippen LogP contribution in [0.4, 0.5) is 5.69 Å². The summed E-state index contributed by atoms with van der Waals surface area (Å²) in [4.78, 5) is 14.4. The van der Waals surface area contributed by atoms with Crippen LogP contribution in [-0.4, -0.2) is 43.6 Å². The number of nitrogens with zero attached hydrogens (tertiary/aromatic N) is 1. The van der Waals surface area contributed by atoms with Crippen molar-refractivity contribution < 1.29 is 9.53 Å². The van der Waals surface area contributed by atoms with Gasteiger partial charge in [-0.3, -0.25) is 9.69 Å². The molecule has 0 bridgehead atoms. The van der Waals surface area contributed by atoms with Crippen LogP contribution in [0.15, 0.2) is 18.2 Å². The fourth-order valence-corrected chi connectivity index (χ4v) is 2.96. The smallest absolute Gasteiger partial charge is 0.238 e. The second kappa shape index (κ2) is 8.20. The van der Waals surface area contributed by atoms with Crippen molar-refractivity contribution in [2.24, 2.45) is 11.1 Å². The first-order chi connectivity index (χ1) is 10.3. The average molecular weight is 362 g/mol. The first-order valence-corrected chi connectivity index (χ1v) is 7.81. The fraction of sp³-hybridized carbons (Fsp3) is 0.562. The highest BCUT2D eigenvalue weighted by Gasteiger charge is 2.33. The van der Waals surface area contributed by atoms with E-state index in [0.29, 0.717) is 23.0 Å². The molecule has 1 amide bonds. The Balaban J connectivity index is 0.00000264. The maximum Gasteiger partial charge on any atom is 0.238 e. The Kier molecular flexibility index (Phi) is 7.14. The number of rotatable bonds is 4. The van der Waals surface area contributed by atoms with E-state index in [1.54, 1.807) is 25.3 Å². The molecule has 1 aliphatic heterocycles. The molecule has 1 fully saturated rings. The van der Waals surface area contributed by atoms with Crippen LogP contribution in [0.5, 0.6) is 5.75 Å². The highest BCUT2D eigenvalue weighted by Crippen LogP contribution is 2.29. The van der Waals surface area contributed by atoms with Crippen LogP contribution in [0, 0.1) is 5.41 Å². The molecule has 130 valence electrons. The Labute approximate surface area is 148 Å². The first kappa shape index (κ1) is 20.0. The summed E-state index contributed by atoms with van der Waals surface area (Å²) in [5.74, 6) is 0.519. The average Bonchev–Trinajstić information content (AvgIpc) is 2.43. The van der Waals surface area contributed by atoms with Crippen molar-refractivity contribution in [1.82, 2.24) is 4.90 Å². The van der Waals surface area contributed by atoms with Crippen molar-refractivity contribution in [2.45, 2.75) is 26.3 Å². The highest BCUT2D eigenvalue weighted by molar-refractivity contribution is 6.31. The van der Waals surface area contributed by atoms with E-state index in [1.807, 2.05) is 0 Å². The third-order valence-corrected chi connectivity index (χ3v) is 4.43. The van der Waals surface area contributed by atoms with Gasteiger partial charge in [0.25, 0.3) is 0 Å². The van der Waals surface area contributed by atoms with Crippen molar-refractivity contribution >= 4 is 35.6 Å². The lowest BCUT2D eigenvalue weighted by Gasteiger charge is -2.42. The normalized spacial score (nSPS) is 20.5. The summed E-state index contributed by atoms with van der Waals surface area (Å²) in [6, 6.07) is 5.33. The monoisotopic (exact) mass is 361 g/mol. The topological polar surface area (TPSA) is 67.6 Å². The van der Waals surface area contributed by atoms with Crippen molar-refractivity contribution in [3.63, 3.8) is 0 Å². The van der Waals surface area contributed by atoms with Gasteiger partial charge in [0, 0.05) is 24.2 Å². The largest absolute Gasteiger partial charge is 0.495 e. The van der Waals surface area contributed by atoms with Gasteiger partial charge in [-0.1, -0.05) is 25.4 Å². The SMILES string of the molecule is COc1ccc(Cl)cc1NC(=O)CN1CCC(N)C(C)(C)C1.Cl. The maximum absolute atomic E-state index is 12.3. The predicted molar refractivity (Wildman–Crippen MR) is 96.7 cm³/mol. The van der Waals surface area contributed by atoms with Crippen LogP contribution in [0.1, 0.15) is 20.3 Å². The van der Waals surface area contributed by atoms with Crippen LogP contribution >= 0.6 is 24.0 Å². The molecule has 0 aromatic heterocycles. The number of benzene rings is 1. The van der Waals surface area contributed by atoms with Gasteiger partial charge in [0.15, 0.2) is 0 Å². The molecule has 3 N–H and O–H groups in total. The molecule has 1 saturated heterocycles. The van der Waals surface area contributed by atoms with Gasteiger partial charge in [-0.05, 0) is 30.0 Å². The number of nitrogens with two attached hydrogens (primary N) is 1. The zero-order chi connectivity index (χ0) is 16.3. The van der Waals surface area contributed by atoms with Gasteiger partial charge >= 0.3 is 0 Å². The molecular weight excluding hydrogens is 337 g/mol. The van der Waals surface area contributed by atoms with Crippen molar-refractivity contribution in [3.8, 4) is 5.75 Å². The second-order valence-corrected chi connectivity index (χ2v) is 6.92. The minimum absolute atomic E-state index is 0. The predicted octanol–water partition coefficient (Wildman–Crippen LogP) is 2.77. The zero-order valence-electron chi connectivity index (χ0n) is 13.8. The summed E-state index contributed by atoms with van der Waals surface area (Å²) in [6.07, 6.45) is 0.904. The lowest BCUT2D eigenvalue weighted by molar-refractivity contribution is -0.118. The number of anilines is 1. The van der Waals surface area contributed by atoms with E-state index < -0.39 is 0 Å². The summed E-state index contributed by atoms with van der Waals surface area (Å²) >= 11 is 5.97. The molecule has 1 aliphatic rings. The minimum Gasteiger partial charge on any atom is -0.495 e. The molecule has 1 aromatic rings. The molecule has 1 atom stereocenters. The molecule has 1 aromatic carbocycles.